The number of thiophene rings is 1. The fourth-order valence-electron chi connectivity index (χ4n) is 3.19. The molecule has 0 atom stereocenters. The minimum Gasteiger partial charge on any atom is -0.465 e. The van der Waals surface area contributed by atoms with E-state index in [1.165, 1.54) is 17.4 Å². The molecule has 2 aromatic carbocycles. The van der Waals surface area contributed by atoms with E-state index in [0.29, 0.717) is 38.4 Å². The van der Waals surface area contributed by atoms with Crippen molar-refractivity contribution < 1.29 is 13.9 Å². The van der Waals surface area contributed by atoms with Crippen molar-refractivity contribution in [3.63, 3.8) is 0 Å². The van der Waals surface area contributed by atoms with E-state index in [9.17, 15) is 9.59 Å². The number of aryl methyl sites for hydroxylation is 2. The Labute approximate surface area is 170 Å². The number of furan rings is 1. The smallest absolute Gasteiger partial charge is 0.343 e. The average Bonchev–Trinajstić information content (AvgIpc) is 3.24. The molecule has 4 nitrogen and oxygen atoms in total. The third-order valence-electron chi connectivity index (χ3n) is 4.39. The lowest BCUT2D eigenvalue weighted by Gasteiger charge is -2.05. The number of carbonyl (C=O) groups is 1. The van der Waals surface area contributed by atoms with Gasteiger partial charge in [-0.1, -0.05) is 23.7 Å². The number of halogens is 1. The predicted octanol–water partition coefficient (Wildman–Crippen LogP) is 6.01. The zero-order valence-electron chi connectivity index (χ0n) is 15.1. The van der Waals surface area contributed by atoms with Gasteiger partial charge in [0.15, 0.2) is 5.43 Å². The fraction of sp³-hybridized carbons (Fsp3) is 0.0909. The number of hydrogen-bond donors (Lipinski definition) is 0. The molecule has 0 amide bonds. The molecule has 0 aliphatic carbocycles. The third kappa shape index (κ3) is 3.35. The molecule has 0 radical (unpaired) electrons. The topological polar surface area (TPSA) is 56.5 Å². The Morgan fingerprint density at radius 2 is 1.82 bits per heavy atom. The van der Waals surface area contributed by atoms with Gasteiger partial charge in [-0.05, 0) is 61.2 Å². The Morgan fingerprint density at radius 3 is 2.54 bits per heavy atom. The summed E-state index contributed by atoms with van der Waals surface area (Å²) in [7, 11) is 0. The zero-order chi connectivity index (χ0) is 19.8. The second-order valence-electron chi connectivity index (χ2n) is 6.31. The van der Waals surface area contributed by atoms with Gasteiger partial charge in [-0.2, -0.15) is 0 Å². The first-order valence-electron chi connectivity index (χ1n) is 8.53. The van der Waals surface area contributed by atoms with Crippen molar-refractivity contribution in [3.8, 4) is 16.2 Å². The molecule has 2 heterocycles. The first kappa shape index (κ1) is 18.5. The second-order valence-corrected chi connectivity index (χ2v) is 7.70. The first-order valence-corrected chi connectivity index (χ1v) is 9.79. The van der Waals surface area contributed by atoms with Crippen LogP contribution in [0.5, 0.6) is 5.75 Å². The molecule has 4 rings (SSSR count). The molecule has 0 unspecified atom stereocenters. The number of rotatable bonds is 3. The van der Waals surface area contributed by atoms with E-state index >= 15 is 0 Å². The molecule has 0 N–H and O–H groups in total. The van der Waals surface area contributed by atoms with Crippen molar-refractivity contribution in [2.45, 2.75) is 13.8 Å². The fourth-order valence-corrected chi connectivity index (χ4v) is 4.09. The molecule has 0 spiro atoms. The van der Waals surface area contributed by atoms with Crippen LogP contribution in [0.2, 0.25) is 5.02 Å². The molecule has 2 aromatic heterocycles. The van der Waals surface area contributed by atoms with Crippen molar-refractivity contribution in [3.05, 3.63) is 86.2 Å². The molecule has 28 heavy (non-hydrogen) atoms. The van der Waals surface area contributed by atoms with Gasteiger partial charge in [0, 0.05) is 9.90 Å². The summed E-state index contributed by atoms with van der Waals surface area (Å²) in [5.74, 6) is 0.732. The van der Waals surface area contributed by atoms with Gasteiger partial charge in [-0.3, -0.25) is 4.79 Å². The summed E-state index contributed by atoms with van der Waals surface area (Å²) in [5.41, 5.74) is 0.826. The lowest BCUT2D eigenvalue weighted by Crippen LogP contribution is -2.08. The third-order valence-corrected chi connectivity index (χ3v) is 5.55. The quantitative estimate of drug-likeness (QED) is 0.388. The van der Waals surface area contributed by atoms with Crippen LogP contribution in [0.3, 0.4) is 0 Å². The Morgan fingerprint density at radius 1 is 1.04 bits per heavy atom. The van der Waals surface area contributed by atoms with Crippen LogP contribution in [-0.4, -0.2) is 5.97 Å². The van der Waals surface area contributed by atoms with Crippen LogP contribution in [0.15, 0.2) is 63.1 Å². The summed E-state index contributed by atoms with van der Waals surface area (Å²) in [5, 5.41) is 3.28. The predicted molar refractivity (Wildman–Crippen MR) is 112 cm³/mol. The van der Waals surface area contributed by atoms with Gasteiger partial charge in [0.2, 0.25) is 0 Å². The lowest BCUT2D eigenvalue weighted by molar-refractivity contribution is 0.0737. The molecule has 0 bridgehead atoms. The molecule has 6 heteroatoms. The lowest BCUT2D eigenvalue weighted by atomic mass is 10.2. The van der Waals surface area contributed by atoms with Gasteiger partial charge in [0.1, 0.15) is 17.3 Å². The van der Waals surface area contributed by atoms with Gasteiger partial charge < -0.3 is 9.15 Å². The van der Waals surface area contributed by atoms with Crippen molar-refractivity contribution in [2.24, 2.45) is 0 Å². The van der Waals surface area contributed by atoms with E-state index in [4.69, 9.17) is 20.8 Å². The summed E-state index contributed by atoms with van der Waals surface area (Å²) in [6.45, 7) is 3.47. The minimum atomic E-state index is -0.558. The maximum absolute atomic E-state index is 12.9. The number of esters is 1. The monoisotopic (exact) mass is 410 g/mol. The zero-order valence-corrected chi connectivity index (χ0v) is 16.7. The summed E-state index contributed by atoms with van der Waals surface area (Å²) in [4.78, 5) is 26.5. The highest BCUT2D eigenvalue weighted by molar-refractivity contribution is 7.13. The summed E-state index contributed by atoms with van der Waals surface area (Å²) in [6, 6.07) is 13.6. The number of fused-ring (bicyclic) bond motifs is 1. The van der Waals surface area contributed by atoms with E-state index in [2.05, 4.69) is 0 Å². The number of carbonyl (C=O) groups excluding carboxylic acids is 1. The Bertz CT molecular complexity index is 1260. The summed E-state index contributed by atoms with van der Waals surface area (Å²) >= 11 is 7.49. The van der Waals surface area contributed by atoms with E-state index in [0.717, 1.165) is 4.88 Å². The highest BCUT2D eigenvalue weighted by atomic mass is 35.5. The van der Waals surface area contributed by atoms with Crippen LogP contribution in [0.1, 0.15) is 21.9 Å². The van der Waals surface area contributed by atoms with Crippen LogP contribution >= 0.6 is 22.9 Å². The normalized spacial score (nSPS) is 11.0. The van der Waals surface area contributed by atoms with Crippen molar-refractivity contribution in [2.75, 3.05) is 0 Å². The molecular formula is C22H15ClO4S. The van der Waals surface area contributed by atoms with E-state index < -0.39 is 5.97 Å². The minimum absolute atomic E-state index is 0.183. The summed E-state index contributed by atoms with van der Waals surface area (Å²) in [6.07, 6.45) is 0. The van der Waals surface area contributed by atoms with Gasteiger partial charge >= 0.3 is 5.97 Å². The Kier molecular flexibility index (Phi) is 4.79. The molecular weight excluding hydrogens is 396 g/mol. The van der Waals surface area contributed by atoms with Crippen molar-refractivity contribution in [1.82, 2.24) is 0 Å². The number of ether oxygens (including phenoxy) is 1. The number of hydrogen-bond acceptors (Lipinski definition) is 5. The van der Waals surface area contributed by atoms with Gasteiger partial charge in [0.25, 0.3) is 0 Å². The molecule has 0 fully saturated rings. The Balaban J connectivity index is 1.94. The molecule has 4 aromatic rings. The van der Waals surface area contributed by atoms with E-state index in [1.807, 2.05) is 17.5 Å². The van der Waals surface area contributed by atoms with Gasteiger partial charge in [-0.25, -0.2) is 4.79 Å². The van der Waals surface area contributed by atoms with Gasteiger partial charge in [-0.15, -0.1) is 11.3 Å². The first-order chi connectivity index (χ1) is 13.4. The highest BCUT2D eigenvalue weighted by Gasteiger charge is 2.19. The molecule has 0 saturated carbocycles. The Hall–Kier alpha value is -2.89. The van der Waals surface area contributed by atoms with E-state index in [-0.39, 0.29) is 11.2 Å². The van der Waals surface area contributed by atoms with Crippen LogP contribution in [0, 0.1) is 13.8 Å². The van der Waals surface area contributed by atoms with Crippen LogP contribution in [0.25, 0.3) is 21.2 Å². The maximum atomic E-state index is 12.9. The average molecular weight is 411 g/mol. The van der Waals surface area contributed by atoms with Crippen LogP contribution in [-0.2, 0) is 0 Å². The summed E-state index contributed by atoms with van der Waals surface area (Å²) < 4.78 is 11.4. The number of benzene rings is 1. The van der Waals surface area contributed by atoms with E-state index in [1.54, 1.807) is 44.2 Å². The van der Waals surface area contributed by atoms with Crippen molar-refractivity contribution >= 4 is 39.7 Å². The SMILES string of the molecule is Cc1oc(C)c2c(=O)cc(-c3cccs3)cc(OC(=O)c3cccc(Cl)c3)c12. The molecule has 0 aliphatic rings. The largest absolute Gasteiger partial charge is 0.465 e. The highest BCUT2D eigenvalue weighted by Crippen LogP contribution is 2.35. The van der Waals surface area contributed by atoms with Crippen LogP contribution in [0.4, 0.5) is 0 Å². The molecule has 0 saturated heterocycles. The van der Waals surface area contributed by atoms with Crippen molar-refractivity contribution in [1.29, 1.82) is 0 Å². The maximum Gasteiger partial charge on any atom is 0.343 e. The standard InChI is InChI=1S/C22H15ClO4S/c1-12-20-17(24)10-15(19-7-4-8-28-19)11-18(21(20)13(2)26-12)27-22(25)14-5-3-6-16(23)9-14/h3-11H,1-2H3. The second kappa shape index (κ2) is 7.26. The van der Waals surface area contributed by atoms with Gasteiger partial charge in [0.05, 0.1) is 16.3 Å². The molecule has 140 valence electrons. The van der Waals surface area contributed by atoms with Crippen LogP contribution < -0.4 is 10.2 Å². The molecule has 0 aliphatic heterocycles.